The summed E-state index contributed by atoms with van der Waals surface area (Å²) in [6, 6.07) is 5.20. The zero-order chi connectivity index (χ0) is 9.84. The van der Waals surface area contributed by atoms with Gasteiger partial charge in [-0.2, -0.15) is 0 Å². The van der Waals surface area contributed by atoms with Gasteiger partial charge >= 0.3 is 0 Å². The van der Waals surface area contributed by atoms with Crippen LogP contribution in [0.5, 0.6) is 0 Å². The molecule has 68 valence electrons. The molecule has 0 atom stereocenters. The van der Waals surface area contributed by atoms with Gasteiger partial charge in [0.1, 0.15) is 5.76 Å². The Morgan fingerprint density at radius 1 is 1.38 bits per heavy atom. The highest BCUT2D eigenvalue weighted by Crippen LogP contribution is 2.25. The van der Waals surface area contributed by atoms with E-state index in [2.05, 4.69) is 12.3 Å². The van der Waals surface area contributed by atoms with Crippen LogP contribution in [0.25, 0.3) is 0 Å². The molecule has 0 unspecified atom stereocenters. The lowest BCUT2D eigenvalue weighted by Crippen LogP contribution is -1.90. The van der Waals surface area contributed by atoms with Crippen LogP contribution in [0.15, 0.2) is 36.3 Å². The second-order valence-electron chi connectivity index (χ2n) is 2.50. The van der Waals surface area contributed by atoms with Gasteiger partial charge in [-0.05, 0) is 17.7 Å². The van der Waals surface area contributed by atoms with Crippen molar-refractivity contribution in [1.82, 2.24) is 0 Å². The first-order valence-electron chi connectivity index (χ1n) is 3.66. The standard InChI is InChI=1S/C10H8Cl2O/c1-2-7(13)6-8-9(11)4-3-5-10(8)12/h3-5,13H,1,6H2. The van der Waals surface area contributed by atoms with Gasteiger partial charge in [-0.15, -0.1) is 0 Å². The summed E-state index contributed by atoms with van der Waals surface area (Å²) >= 11 is 11.7. The van der Waals surface area contributed by atoms with Crippen molar-refractivity contribution in [3.05, 3.63) is 51.9 Å². The smallest absolute Gasteiger partial charge is 0.139 e. The first-order chi connectivity index (χ1) is 6.15. The fraction of sp³-hybridized carbons (Fsp3) is 0.100. The molecule has 0 spiro atoms. The summed E-state index contributed by atoms with van der Waals surface area (Å²) in [5.74, 6) is 0.0370. The first kappa shape index (κ1) is 10.2. The van der Waals surface area contributed by atoms with E-state index in [9.17, 15) is 5.11 Å². The van der Waals surface area contributed by atoms with Crippen molar-refractivity contribution in [2.45, 2.75) is 6.42 Å². The van der Waals surface area contributed by atoms with E-state index in [1.807, 2.05) is 0 Å². The molecule has 1 nitrogen and oxygen atoms in total. The zero-order valence-corrected chi connectivity index (χ0v) is 8.36. The lowest BCUT2D eigenvalue weighted by molar-refractivity contribution is 0.400. The van der Waals surface area contributed by atoms with Gasteiger partial charge < -0.3 is 5.11 Å². The van der Waals surface area contributed by atoms with Gasteiger partial charge in [0.2, 0.25) is 0 Å². The number of allylic oxidation sites excluding steroid dienone is 1. The summed E-state index contributed by atoms with van der Waals surface area (Å²) in [5.41, 5.74) is 3.07. The number of hydrogen-bond donors (Lipinski definition) is 1. The third-order valence-electron chi connectivity index (χ3n) is 1.61. The van der Waals surface area contributed by atoms with Crippen LogP contribution in [0, 0.1) is 0 Å². The Morgan fingerprint density at radius 2 is 1.92 bits per heavy atom. The molecular weight excluding hydrogens is 207 g/mol. The molecule has 0 saturated heterocycles. The molecule has 1 N–H and O–H groups in total. The molecule has 3 heteroatoms. The van der Waals surface area contributed by atoms with Crippen LogP contribution < -0.4 is 0 Å². The van der Waals surface area contributed by atoms with Crippen molar-refractivity contribution in [2.24, 2.45) is 0 Å². The Kier molecular flexibility index (Phi) is 3.44. The Bertz CT molecular complexity index is 345. The highest BCUT2D eigenvalue weighted by atomic mass is 35.5. The van der Waals surface area contributed by atoms with Gasteiger partial charge in [-0.25, -0.2) is 0 Å². The van der Waals surface area contributed by atoms with Crippen LogP contribution in [0.1, 0.15) is 5.56 Å². The van der Waals surface area contributed by atoms with Crippen molar-refractivity contribution >= 4 is 23.2 Å². The maximum absolute atomic E-state index is 9.19. The third kappa shape index (κ3) is 2.53. The third-order valence-corrected chi connectivity index (χ3v) is 2.32. The van der Waals surface area contributed by atoms with Gasteiger partial charge in [-0.3, -0.25) is 0 Å². The number of halogens is 2. The number of benzene rings is 1. The Labute approximate surface area is 86.9 Å². The van der Waals surface area contributed by atoms with Crippen molar-refractivity contribution in [3.63, 3.8) is 0 Å². The van der Waals surface area contributed by atoms with E-state index < -0.39 is 0 Å². The van der Waals surface area contributed by atoms with E-state index in [0.717, 1.165) is 0 Å². The van der Waals surface area contributed by atoms with Crippen molar-refractivity contribution in [3.8, 4) is 0 Å². The molecule has 1 aromatic rings. The van der Waals surface area contributed by atoms with Crippen molar-refractivity contribution in [1.29, 1.82) is 0 Å². The predicted molar refractivity (Wildman–Crippen MR) is 55.4 cm³/mol. The lowest BCUT2D eigenvalue weighted by atomic mass is 10.1. The number of aliphatic hydroxyl groups excluding tert-OH is 1. The quantitative estimate of drug-likeness (QED) is 0.588. The van der Waals surface area contributed by atoms with Crippen LogP contribution in [0.3, 0.4) is 0 Å². The number of hydrogen-bond acceptors (Lipinski definition) is 1. The SMILES string of the molecule is C=C=C(O)Cc1c(Cl)cccc1Cl. The molecule has 0 heterocycles. The van der Waals surface area contributed by atoms with E-state index in [4.69, 9.17) is 23.2 Å². The highest BCUT2D eigenvalue weighted by Gasteiger charge is 2.06. The summed E-state index contributed by atoms with van der Waals surface area (Å²) in [4.78, 5) is 0. The fourth-order valence-corrected chi connectivity index (χ4v) is 1.46. The van der Waals surface area contributed by atoms with Crippen LogP contribution in [-0.4, -0.2) is 5.11 Å². The minimum Gasteiger partial charge on any atom is -0.504 e. The molecule has 1 aromatic carbocycles. The number of aliphatic hydroxyl groups is 1. The van der Waals surface area contributed by atoms with Gasteiger partial charge in [0.25, 0.3) is 0 Å². The summed E-state index contributed by atoms with van der Waals surface area (Å²) in [6.45, 7) is 3.32. The van der Waals surface area contributed by atoms with Crippen LogP contribution >= 0.6 is 23.2 Å². The van der Waals surface area contributed by atoms with E-state index in [0.29, 0.717) is 15.6 Å². The zero-order valence-electron chi connectivity index (χ0n) is 6.85. The minimum atomic E-state index is 0.0370. The van der Waals surface area contributed by atoms with Crippen molar-refractivity contribution < 1.29 is 5.11 Å². The normalized spacial score (nSPS) is 9.38. The molecule has 0 aliphatic rings. The largest absolute Gasteiger partial charge is 0.504 e. The Hall–Kier alpha value is -0.880. The van der Waals surface area contributed by atoms with E-state index in [-0.39, 0.29) is 12.2 Å². The molecule has 13 heavy (non-hydrogen) atoms. The van der Waals surface area contributed by atoms with Gasteiger partial charge in [-0.1, -0.05) is 41.6 Å². The van der Waals surface area contributed by atoms with E-state index in [1.54, 1.807) is 18.2 Å². The second kappa shape index (κ2) is 4.38. The van der Waals surface area contributed by atoms with Crippen LogP contribution in [-0.2, 0) is 6.42 Å². The predicted octanol–water partition coefficient (Wildman–Crippen LogP) is 3.76. The molecule has 0 fully saturated rings. The average molecular weight is 215 g/mol. The molecule has 0 aromatic heterocycles. The second-order valence-corrected chi connectivity index (χ2v) is 3.31. The topological polar surface area (TPSA) is 20.2 Å². The van der Waals surface area contributed by atoms with Gasteiger partial charge in [0.05, 0.1) is 0 Å². The first-order valence-corrected chi connectivity index (χ1v) is 4.41. The molecule has 0 bridgehead atoms. The average Bonchev–Trinajstić information content (AvgIpc) is 2.11. The fourth-order valence-electron chi connectivity index (χ4n) is 0.931. The lowest BCUT2D eigenvalue weighted by Gasteiger charge is -2.04. The highest BCUT2D eigenvalue weighted by molar-refractivity contribution is 6.36. The van der Waals surface area contributed by atoms with Gasteiger partial charge in [0, 0.05) is 16.5 Å². The molecule has 0 saturated carbocycles. The summed E-state index contributed by atoms with van der Waals surface area (Å²) < 4.78 is 0. The Balaban J connectivity index is 3.07. The maximum Gasteiger partial charge on any atom is 0.139 e. The van der Waals surface area contributed by atoms with E-state index in [1.165, 1.54) is 0 Å². The van der Waals surface area contributed by atoms with Crippen LogP contribution in [0.4, 0.5) is 0 Å². The summed E-state index contributed by atoms with van der Waals surface area (Å²) in [5, 5.41) is 10.3. The molecule has 1 rings (SSSR count). The summed E-state index contributed by atoms with van der Waals surface area (Å²) in [7, 11) is 0. The molecule has 0 radical (unpaired) electrons. The maximum atomic E-state index is 9.19. The molecule has 0 aliphatic heterocycles. The molecular formula is C10H8Cl2O. The molecule has 0 aliphatic carbocycles. The molecule has 0 amide bonds. The minimum absolute atomic E-state index is 0.0370. The summed E-state index contributed by atoms with van der Waals surface area (Å²) in [6.07, 6.45) is 0.266. The van der Waals surface area contributed by atoms with Gasteiger partial charge in [0.15, 0.2) is 0 Å². The number of rotatable bonds is 2. The van der Waals surface area contributed by atoms with Crippen LogP contribution in [0.2, 0.25) is 10.0 Å². The Morgan fingerprint density at radius 3 is 2.38 bits per heavy atom. The van der Waals surface area contributed by atoms with Crippen molar-refractivity contribution in [2.75, 3.05) is 0 Å². The monoisotopic (exact) mass is 214 g/mol. The van der Waals surface area contributed by atoms with E-state index >= 15 is 0 Å².